The van der Waals surface area contributed by atoms with Gasteiger partial charge in [0.15, 0.2) is 0 Å². The van der Waals surface area contributed by atoms with Crippen LogP contribution in [0.25, 0.3) is 10.9 Å². The van der Waals surface area contributed by atoms with Crippen LogP contribution in [0.15, 0.2) is 42.5 Å². The Morgan fingerprint density at radius 2 is 1.85 bits per heavy atom. The number of rotatable bonds is 5. The number of likely N-dealkylation sites (N-methyl/N-ethyl adjacent to an activating group) is 1. The summed E-state index contributed by atoms with van der Waals surface area (Å²) in [5.41, 5.74) is 7.16. The third-order valence-electron chi connectivity index (χ3n) is 5.52. The Labute approximate surface area is 162 Å². The van der Waals surface area contributed by atoms with Crippen LogP contribution in [0.5, 0.6) is 5.75 Å². The number of hydrogen-bond donors (Lipinski definition) is 0. The van der Waals surface area contributed by atoms with E-state index in [1.165, 1.54) is 33.3 Å². The average Bonchev–Trinajstić information content (AvgIpc) is 2.93. The highest BCUT2D eigenvalue weighted by molar-refractivity contribution is 5.86. The van der Waals surface area contributed by atoms with Crippen molar-refractivity contribution >= 4 is 10.9 Å². The lowest BCUT2D eigenvalue weighted by molar-refractivity contribution is 0.242. The molecule has 1 aromatic heterocycles. The van der Waals surface area contributed by atoms with Crippen molar-refractivity contribution in [2.45, 2.75) is 52.8 Å². The molecule has 0 unspecified atom stereocenters. The zero-order valence-corrected chi connectivity index (χ0v) is 17.0. The number of hydrogen-bond acceptors (Lipinski definition) is 2. The van der Waals surface area contributed by atoms with Gasteiger partial charge in [-0.3, -0.25) is 0 Å². The first-order valence-electron chi connectivity index (χ1n) is 10.1. The molecule has 3 heteroatoms. The molecule has 142 valence electrons. The maximum atomic E-state index is 5.76. The van der Waals surface area contributed by atoms with Crippen LogP contribution < -0.4 is 4.74 Å². The molecule has 2 aromatic carbocycles. The molecule has 0 amide bonds. The van der Waals surface area contributed by atoms with Crippen molar-refractivity contribution in [3.05, 3.63) is 64.8 Å². The zero-order valence-electron chi connectivity index (χ0n) is 17.0. The second-order valence-corrected chi connectivity index (χ2v) is 8.15. The summed E-state index contributed by atoms with van der Waals surface area (Å²) in [6, 6.07) is 15.5. The van der Waals surface area contributed by atoms with Crippen molar-refractivity contribution in [3.8, 4) is 5.75 Å². The van der Waals surface area contributed by atoms with E-state index < -0.39 is 0 Å². The van der Waals surface area contributed by atoms with E-state index in [1.807, 2.05) is 0 Å². The van der Waals surface area contributed by atoms with E-state index in [1.54, 1.807) is 0 Å². The summed E-state index contributed by atoms with van der Waals surface area (Å²) < 4.78 is 8.33. The van der Waals surface area contributed by atoms with Crippen LogP contribution in [0.3, 0.4) is 0 Å². The molecular formula is C24H30N2O. The number of fused-ring (bicyclic) bond motifs is 3. The van der Waals surface area contributed by atoms with Gasteiger partial charge in [0.2, 0.25) is 0 Å². The number of nitrogens with zero attached hydrogens (tertiary/aromatic N) is 2. The lowest BCUT2D eigenvalue weighted by Gasteiger charge is -2.24. The third kappa shape index (κ3) is 3.74. The fourth-order valence-corrected chi connectivity index (χ4v) is 4.20. The highest BCUT2D eigenvalue weighted by Gasteiger charge is 2.22. The highest BCUT2D eigenvalue weighted by Crippen LogP contribution is 2.31. The second-order valence-electron chi connectivity index (χ2n) is 8.15. The molecule has 0 atom stereocenters. The van der Waals surface area contributed by atoms with Crippen molar-refractivity contribution in [2.24, 2.45) is 0 Å². The van der Waals surface area contributed by atoms with Gasteiger partial charge >= 0.3 is 0 Å². The van der Waals surface area contributed by atoms with Crippen LogP contribution >= 0.6 is 0 Å². The molecule has 0 fully saturated rings. The number of ether oxygens (including phenoxy) is 1. The lowest BCUT2D eigenvalue weighted by atomic mass is 10.0. The van der Waals surface area contributed by atoms with Gasteiger partial charge in [-0.1, -0.05) is 23.8 Å². The van der Waals surface area contributed by atoms with Gasteiger partial charge in [0.1, 0.15) is 5.75 Å². The van der Waals surface area contributed by atoms with Gasteiger partial charge in [-0.05, 0) is 69.6 Å². The molecule has 3 nitrogen and oxygen atoms in total. The number of aromatic nitrogens is 1. The van der Waals surface area contributed by atoms with Crippen LogP contribution in [-0.4, -0.2) is 29.2 Å². The molecule has 2 heterocycles. The summed E-state index contributed by atoms with van der Waals surface area (Å²) in [4.78, 5) is 2.43. The molecule has 0 saturated carbocycles. The van der Waals surface area contributed by atoms with Crippen molar-refractivity contribution in [1.82, 2.24) is 9.47 Å². The smallest absolute Gasteiger partial charge is 0.119 e. The van der Waals surface area contributed by atoms with Crippen LogP contribution in [0.1, 0.15) is 36.2 Å². The molecule has 0 aliphatic carbocycles. The maximum absolute atomic E-state index is 5.76. The Morgan fingerprint density at radius 1 is 1.07 bits per heavy atom. The Bertz CT molecular complexity index is 937. The van der Waals surface area contributed by atoms with Gasteiger partial charge in [0.05, 0.1) is 6.10 Å². The van der Waals surface area contributed by atoms with Gasteiger partial charge in [-0.2, -0.15) is 0 Å². The third-order valence-corrected chi connectivity index (χ3v) is 5.52. The minimum atomic E-state index is 0.218. The summed E-state index contributed by atoms with van der Waals surface area (Å²) >= 11 is 0. The molecular weight excluding hydrogens is 332 g/mol. The normalized spacial score (nSPS) is 14.7. The molecule has 0 saturated heterocycles. The van der Waals surface area contributed by atoms with Crippen molar-refractivity contribution in [2.75, 3.05) is 13.6 Å². The van der Waals surface area contributed by atoms with E-state index in [4.69, 9.17) is 4.74 Å². The molecule has 1 aliphatic heterocycles. The molecule has 1 aliphatic rings. The highest BCUT2D eigenvalue weighted by atomic mass is 16.5. The summed E-state index contributed by atoms with van der Waals surface area (Å²) in [7, 11) is 2.22. The first-order valence-corrected chi connectivity index (χ1v) is 10.1. The van der Waals surface area contributed by atoms with Gasteiger partial charge < -0.3 is 14.2 Å². The first kappa shape index (κ1) is 18.1. The predicted octanol–water partition coefficient (Wildman–Crippen LogP) is 4.97. The summed E-state index contributed by atoms with van der Waals surface area (Å²) in [6.45, 7) is 9.55. The quantitative estimate of drug-likeness (QED) is 0.638. The molecule has 27 heavy (non-hydrogen) atoms. The van der Waals surface area contributed by atoms with Crippen molar-refractivity contribution in [3.63, 3.8) is 0 Å². The molecule has 0 bridgehead atoms. The molecule has 0 spiro atoms. The summed E-state index contributed by atoms with van der Waals surface area (Å²) in [5.74, 6) is 0.955. The number of benzene rings is 2. The van der Waals surface area contributed by atoms with E-state index >= 15 is 0 Å². The van der Waals surface area contributed by atoms with Crippen molar-refractivity contribution < 1.29 is 4.74 Å². The Kier molecular flexibility index (Phi) is 4.96. The van der Waals surface area contributed by atoms with Crippen LogP contribution in [-0.2, 0) is 25.9 Å². The predicted molar refractivity (Wildman–Crippen MR) is 113 cm³/mol. The molecule has 0 radical (unpaired) electrons. The first-order chi connectivity index (χ1) is 13.0. The van der Waals surface area contributed by atoms with E-state index in [0.717, 1.165) is 38.2 Å². The Hall–Kier alpha value is -2.26. The van der Waals surface area contributed by atoms with Crippen LogP contribution in [0.2, 0.25) is 0 Å². The van der Waals surface area contributed by atoms with Gasteiger partial charge in [-0.15, -0.1) is 0 Å². The summed E-state index contributed by atoms with van der Waals surface area (Å²) in [5, 5.41) is 1.44. The number of aryl methyl sites for hydroxylation is 3. The van der Waals surface area contributed by atoms with Gasteiger partial charge in [0, 0.05) is 42.7 Å². The second kappa shape index (κ2) is 7.40. The molecule has 4 rings (SSSR count). The van der Waals surface area contributed by atoms with Crippen LogP contribution in [0, 0.1) is 6.92 Å². The van der Waals surface area contributed by atoms with Crippen molar-refractivity contribution in [1.29, 1.82) is 0 Å². The fraction of sp³-hybridized carbons (Fsp3) is 0.417. The van der Waals surface area contributed by atoms with Gasteiger partial charge in [0.25, 0.3) is 0 Å². The maximum Gasteiger partial charge on any atom is 0.119 e. The minimum absolute atomic E-state index is 0.218. The molecule has 0 N–H and O–H groups in total. The fourth-order valence-electron chi connectivity index (χ4n) is 4.20. The Balaban J connectivity index is 1.60. The largest absolute Gasteiger partial charge is 0.491 e. The average molecular weight is 363 g/mol. The SMILES string of the molecule is Cc1ccc2c(c1)c1c(n2CCc2ccc(OC(C)C)cc2)CCN(C)C1. The lowest BCUT2D eigenvalue weighted by Crippen LogP contribution is -2.27. The van der Waals surface area contributed by atoms with E-state index in [9.17, 15) is 0 Å². The minimum Gasteiger partial charge on any atom is -0.491 e. The van der Waals surface area contributed by atoms with E-state index in [0.29, 0.717) is 0 Å². The van der Waals surface area contributed by atoms with Crippen LogP contribution in [0.4, 0.5) is 0 Å². The van der Waals surface area contributed by atoms with E-state index in [-0.39, 0.29) is 6.10 Å². The standard InChI is InChI=1S/C24H30N2O/c1-17(2)27-20-8-6-19(7-9-20)11-14-26-23-10-5-18(3)15-21(23)22-16-25(4)13-12-24(22)26/h5-10,15,17H,11-14,16H2,1-4H3. The zero-order chi connectivity index (χ0) is 19.0. The van der Waals surface area contributed by atoms with E-state index in [2.05, 4.69) is 79.8 Å². The topological polar surface area (TPSA) is 17.4 Å². The molecule has 3 aromatic rings. The monoisotopic (exact) mass is 362 g/mol. The van der Waals surface area contributed by atoms with Gasteiger partial charge in [-0.25, -0.2) is 0 Å². The summed E-state index contributed by atoms with van der Waals surface area (Å²) in [6.07, 6.45) is 2.40. The Morgan fingerprint density at radius 3 is 2.59 bits per heavy atom.